The molecule has 0 saturated heterocycles. The maximum Gasteiger partial charge on any atom is 0.289 e. The van der Waals surface area contributed by atoms with Crippen molar-refractivity contribution >= 4 is 11.5 Å². The second-order valence-electron chi connectivity index (χ2n) is 4.95. The Morgan fingerprint density at radius 2 is 2.30 bits per heavy atom. The molecule has 7 heteroatoms. The summed E-state index contributed by atoms with van der Waals surface area (Å²) in [6.07, 6.45) is 4.65. The van der Waals surface area contributed by atoms with Gasteiger partial charge in [0, 0.05) is 18.5 Å². The van der Waals surface area contributed by atoms with Gasteiger partial charge in [0.05, 0.1) is 11.0 Å². The highest BCUT2D eigenvalue weighted by atomic mass is 16.6. The molecule has 1 aliphatic rings. The maximum absolute atomic E-state index is 10.6. The molecule has 1 heterocycles. The lowest BCUT2D eigenvalue weighted by molar-refractivity contribution is -0.385. The summed E-state index contributed by atoms with van der Waals surface area (Å²) in [4.78, 5) is 14.0. The Bertz CT molecular complexity index is 541. The lowest BCUT2D eigenvalue weighted by atomic mass is 9.86. The molecule has 0 amide bonds. The van der Waals surface area contributed by atoms with E-state index in [4.69, 9.17) is 5.26 Å². The van der Waals surface area contributed by atoms with E-state index < -0.39 is 4.92 Å². The molecule has 7 nitrogen and oxygen atoms in total. The van der Waals surface area contributed by atoms with Gasteiger partial charge in [-0.05, 0) is 12.8 Å². The zero-order valence-corrected chi connectivity index (χ0v) is 11.0. The summed E-state index contributed by atoms with van der Waals surface area (Å²) in [5.41, 5.74) is -0.0608. The molecule has 0 bridgehead atoms. The Kier molecular flexibility index (Phi) is 4.48. The van der Waals surface area contributed by atoms with Crippen LogP contribution in [0.2, 0.25) is 0 Å². The van der Waals surface area contributed by atoms with Gasteiger partial charge in [-0.3, -0.25) is 10.1 Å². The molecule has 1 aromatic heterocycles. The summed E-state index contributed by atoms with van der Waals surface area (Å²) in [6.45, 7) is 0.515. The molecular formula is C13H16N4O3. The normalized spacial score (nSPS) is 22.0. The number of nitrogens with zero attached hydrogens (tertiary/aromatic N) is 3. The molecule has 2 atom stereocenters. The van der Waals surface area contributed by atoms with E-state index in [0.717, 1.165) is 31.9 Å². The van der Waals surface area contributed by atoms with Crippen LogP contribution in [0, 0.1) is 27.4 Å². The van der Waals surface area contributed by atoms with Crippen molar-refractivity contribution in [2.75, 3.05) is 11.9 Å². The number of anilines is 1. The molecule has 0 aliphatic heterocycles. The minimum atomic E-state index is -0.581. The zero-order chi connectivity index (χ0) is 14.5. The van der Waals surface area contributed by atoms with Gasteiger partial charge in [-0.25, -0.2) is 4.98 Å². The summed E-state index contributed by atoms with van der Waals surface area (Å²) in [5.74, 6) is 0.461. The van der Waals surface area contributed by atoms with Crippen molar-refractivity contribution in [3.8, 4) is 6.07 Å². The predicted octanol–water partition coefficient (Wildman–Crippen LogP) is 1.82. The molecule has 0 aromatic carbocycles. The highest BCUT2D eigenvalue weighted by Crippen LogP contribution is 2.25. The number of rotatable bonds is 4. The number of hydrogen-bond donors (Lipinski definition) is 2. The fraction of sp³-hybridized carbons (Fsp3) is 0.538. The third kappa shape index (κ3) is 3.22. The van der Waals surface area contributed by atoms with Crippen molar-refractivity contribution in [3.05, 3.63) is 27.9 Å². The van der Waals surface area contributed by atoms with E-state index in [1.54, 1.807) is 0 Å². The number of aliphatic hydroxyl groups excluding tert-OH is 1. The molecule has 0 spiro atoms. The Labute approximate surface area is 116 Å². The van der Waals surface area contributed by atoms with Crippen LogP contribution in [0.1, 0.15) is 31.2 Å². The minimum absolute atomic E-state index is 0.132. The van der Waals surface area contributed by atoms with Crippen LogP contribution < -0.4 is 5.32 Å². The van der Waals surface area contributed by atoms with Crippen molar-refractivity contribution in [3.63, 3.8) is 0 Å². The van der Waals surface area contributed by atoms with Crippen LogP contribution in [0.15, 0.2) is 12.3 Å². The average Bonchev–Trinajstić information content (AvgIpc) is 2.46. The van der Waals surface area contributed by atoms with Crippen LogP contribution >= 0.6 is 0 Å². The summed E-state index contributed by atoms with van der Waals surface area (Å²) in [7, 11) is 0. The number of aromatic nitrogens is 1. The van der Waals surface area contributed by atoms with Gasteiger partial charge in [-0.1, -0.05) is 12.8 Å². The van der Waals surface area contributed by atoms with Crippen LogP contribution in [-0.2, 0) is 0 Å². The van der Waals surface area contributed by atoms with Crippen LogP contribution in [-0.4, -0.2) is 27.7 Å². The molecule has 1 saturated carbocycles. The largest absolute Gasteiger partial charge is 0.393 e. The smallest absolute Gasteiger partial charge is 0.289 e. The van der Waals surface area contributed by atoms with Crippen molar-refractivity contribution in [1.29, 1.82) is 5.26 Å². The van der Waals surface area contributed by atoms with E-state index >= 15 is 0 Å². The summed E-state index contributed by atoms with van der Waals surface area (Å²) in [5, 5.41) is 32.5. The van der Waals surface area contributed by atoms with E-state index in [0.29, 0.717) is 12.4 Å². The molecule has 106 valence electrons. The highest BCUT2D eigenvalue weighted by molar-refractivity contribution is 5.55. The fourth-order valence-electron chi connectivity index (χ4n) is 2.43. The number of pyridine rings is 1. The third-order valence-corrected chi connectivity index (χ3v) is 3.61. The number of nitro groups is 1. The van der Waals surface area contributed by atoms with E-state index in [1.807, 2.05) is 6.07 Å². The average molecular weight is 276 g/mol. The first-order valence-corrected chi connectivity index (χ1v) is 6.58. The van der Waals surface area contributed by atoms with Crippen LogP contribution in [0.5, 0.6) is 0 Å². The summed E-state index contributed by atoms with van der Waals surface area (Å²) < 4.78 is 0. The monoisotopic (exact) mass is 276 g/mol. The predicted molar refractivity (Wildman–Crippen MR) is 72.1 cm³/mol. The van der Waals surface area contributed by atoms with Crippen LogP contribution in [0.4, 0.5) is 11.5 Å². The zero-order valence-electron chi connectivity index (χ0n) is 11.0. The second-order valence-corrected chi connectivity index (χ2v) is 4.95. The molecule has 2 N–H and O–H groups in total. The van der Waals surface area contributed by atoms with Crippen molar-refractivity contribution < 1.29 is 10.0 Å². The molecule has 20 heavy (non-hydrogen) atoms. The standard InChI is InChI=1S/C13H16N4O3/c14-6-10-5-11(17(19)20)8-16-13(10)15-7-9-3-1-2-4-12(9)18/h5,8-9,12,18H,1-4,7H2,(H,15,16). The van der Waals surface area contributed by atoms with E-state index in [9.17, 15) is 15.2 Å². The quantitative estimate of drug-likeness (QED) is 0.640. The Morgan fingerprint density at radius 1 is 1.55 bits per heavy atom. The van der Waals surface area contributed by atoms with Gasteiger partial charge >= 0.3 is 0 Å². The molecule has 2 rings (SSSR count). The van der Waals surface area contributed by atoms with Gasteiger partial charge in [0.2, 0.25) is 0 Å². The van der Waals surface area contributed by atoms with Gasteiger partial charge in [0.15, 0.2) is 0 Å². The van der Waals surface area contributed by atoms with Gasteiger partial charge in [-0.15, -0.1) is 0 Å². The van der Waals surface area contributed by atoms with Gasteiger partial charge in [-0.2, -0.15) is 5.26 Å². The maximum atomic E-state index is 10.6. The Morgan fingerprint density at radius 3 is 2.95 bits per heavy atom. The van der Waals surface area contributed by atoms with Gasteiger partial charge in [0.25, 0.3) is 5.69 Å². The number of aliphatic hydroxyl groups is 1. The summed E-state index contributed by atoms with van der Waals surface area (Å²) in [6, 6.07) is 3.10. The lowest BCUT2D eigenvalue weighted by Crippen LogP contribution is -2.30. The molecule has 1 aliphatic carbocycles. The highest BCUT2D eigenvalue weighted by Gasteiger charge is 2.23. The molecule has 0 radical (unpaired) electrons. The molecule has 1 fully saturated rings. The Balaban J connectivity index is 2.05. The van der Waals surface area contributed by atoms with Crippen molar-refractivity contribution in [1.82, 2.24) is 4.98 Å². The number of nitriles is 1. The van der Waals surface area contributed by atoms with E-state index in [2.05, 4.69) is 10.3 Å². The van der Waals surface area contributed by atoms with E-state index in [1.165, 1.54) is 6.07 Å². The third-order valence-electron chi connectivity index (χ3n) is 3.61. The van der Waals surface area contributed by atoms with Crippen LogP contribution in [0.3, 0.4) is 0 Å². The van der Waals surface area contributed by atoms with Crippen molar-refractivity contribution in [2.24, 2.45) is 5.92 Å². The fourth-order valence-corrected chi connectivity index (χ4v) is 2.43. The Hall–Kier alpha value is -2.20. The summed E-state index contributed by atoms with van der Waals surface area (Å²) >= 11 is 0. The topological polar surface area (TPSA) is 112 Å². The minimum Gasteiger partial charge on any atom is -0.393 e. The van der Waals surface area contributed by atoms with Crippen molar-refractivity contribution in [2.45, 2.75) is 31.8 Å². The number of hydrogen-bond acceptors (Lipinski definition) is 6. The SMILES string of the molecule is N#Cc1cc([N+](=O)[O-])cnc1NCC1CCCCC1O. The second kappa shape index (κ2) is 6.30. The molecular weight excluding hydrogens is 260 g/mol. The molecule has 2 unspecified atom stereocenters. The first kappa shape index (κ1) is 14.2. The molecule has 1 aromatic rings. The first-order chi connectivity index (χ1) is 9.61. The number of nitrogens with one attached hydrogen (secondary N) is 1. The van der Waals surface area contributed by atoms with Crippen LogP contribution in [0.25, 0.3) is 0 Å². The first-order valence-electron chi connectivity index (χ1n) is 6.58. The lowest BCUT2D eigenvalue weighted by Gasteiger charge is -2.27. The van der Waals surface area contributed by atoms with Gasteiger partial charge in [0.1, 0.15) is 23.6 Å². The van der Waals surface area contributed by atoms with E-state index in [-0.39, 0.29) is 23.3 Å². The van der Waals surface area contributed by atoms with Gasteiger partial charge < -0.3 is 10.4 Å².